The minimum Gasteiger partial charge on any atom is -0.491 e. The van der Waals surface area contributed by atoms with E-state index in [0.717, 1.165) is 10.4 Å². The zero-order chi connectivity index (χ0) is 32.0. The average Bonchev–Trinajstić information content (AvgIpc) is 3.49. The largest absolute Gasteiger partial charge is 0.491 e. The summed E-state index contributed by atoms with van der Waals surface area (Å²) in [6.07, 6.45) is -1.37. The van der Waals surface area contributed by atoms with Crippen molar-refractivity contribution in [2.45, 2.75) is 84.2 Å². The van der Waals surface area contributed by atoms with Crippen LogP contribution in [-0.4, -0.2) is 66.5 Å². The van der Waals surface area contributed by atoms with E-state index in [1.165, 1.54) is 6.07 Å². The maximum absolute atomic E-state index is 14.6. The number of aromatic nitrogens is 4. The second kappa shape index (κ2) is 11.9. The van der Waals surface area contributed by atoms with Crippen molar-refractivity contribution in [1.82, 2.24) is 24.7 Å². The van der Waals surface area contributed by atoms with Crippen LogP contribution in [0.3, 0.4) is 0 Å². The number of ether oxygens (including phenoxy) is 2. The van der Waals surface area contributed by atoms with Gasteiger partial charge in [0.05, 0.1) is 16.6 Å². The van der Waals surface area contributed by atoms with Gasteiger partial charge in [0.15, 0.2) is 6.23 Å². The van der Waals surface area contributed by atoms with Crippen LogP contribution in [0, 0.1) is 12.3 Å². The molecule has 1 saturated carbocycles. The number of carbonyl (C=O) groups excluding carboxylic acids is 1. The number of nitrogens with zero attached hydrogens (tertiary/aromatic N) is 4. The van der Waals surface area contributed by atoms with Crippen LogP contribution in [-0.2, 0) is 0 Å². The molecule has 0 bridgehead atoms. The first kappa shape index (κ1) is 31.6. The topological polar surface area (TPSA) is 149 Å². The van der Waals surface area contributed by atoms with Gasteiger partial charge in [-0.2, -0.15) is 5.10 Å². The van der Waals surface area contributed by atoms with Gasteiger partial charge in [0.2, 0.25) is 12.2 Å². The number of nitrogens with one attached hydrogen (secondary N) is 1. The first-order valence-electron chi connectivity index (χ1n) is 14.6. The van der Waals surface area contributed by atoms with Crippen molar-refractivity contribution < 1.29 is 33.3 Å². The summed E-state index contributed by atoms with van der Waals surface area (Å²) in [5.74, 6) is -0.0329. The van der Waals surface area contributed by atoms with Crippen LogP contribution in [0.1, 0.15) is 81.2 Å². The Morgan fingerprint density at radius 1 is 1.25 bits per heavy atom. The fraction of sp³-hybridized carbons (Fsp3) is 0.516. The highest BCUT2D eigenvalue weighted by Gasteiger charge is 2.43. The zero-order valence-corrected chi connectivity index (χ0v) is 25.6. The number of fused-ring (bicyclic) bond motifs is 2. The molecule has 5 N–H and O–H groups in total. The quantitative estimate of drug-likeness (QED) is 0.163. The van der Waals surface area contributed by atoms with Crippen molar-refractivity contribution in [2.24, 2.45) is 11.1 Å². The van der Waals surface area contributed by atoms with E-state index >= 15 is 0 Å². The van der Waals surface area contributed by atoms with E-state index in [9.17, 15) is 23.8 Å². The Morgan fingerprint density at radius 3 is 2.64 bits per heavy atom. The van der Waals surface area contributed by atoms with E-state index < -0.39 is 30.7 Å². The van der Waals surface area contributed by atoms with E-state index in [4.69, 9.17) is 15.2 Å². The molecular formula is C31H40F2N6O5. The lowest BCUT2D eigenvalue weighted by molar-refractivity contribution is -0.0200. The van der Waals surface area contributed by atoms with Gasteiger partial charge < -0.3 is 25.4 Å². The van der Waals surface area contributed by atoms with Gasteiger partial charge in [0.1, 0.15) is 36.4 Å². The number of carbonyl (C=O) groups is 1. The molecule has 3 atom stereocenters. The summed E-state index contributed by atoms with van der Waals surface area (Å²) >= 11 is 0. The molecule has 0 spiro atoms. The number of aliphatic hydroxyl groups is 2. The summed E-state index contributed by atoms with van der Waals surface area (Å²) in [6.45, 7) is 7.83. The lowest BCUT2D eigenvalue weighted by atomic mass is 9.65. The van der Waals surface area contributed by atoms with Crippen molar-refractivity contribution in [2.75, 3.05) is 13.3 Å². The fourth-order valence-corrected chi connectivity index (χ4v) is 6.06. The molecule has 1 fully saturated rings. The van der Waals surface area contributed by atoms with Gasteiger partial charge in [-0.1, -0.05) is 13.0 Å². The van der Waals surface area contributed by atoms with Gasteiger partial charge in [-0.25, -0.2) is 18.0 Å². The number of nitrogens with two attached hydrogens (primary N) is 1. The maximum atomic E-state index is 14.6. The van der Waals surface area contributed by atoms with E-state index in [-0.39, 0.29) is 46.8 Å². The predicted molar refractivity (Wildman–Crippen MR) is 160 cm³/mol. The Kier molecular flexibility index (Phi) is 8.58. The van der Waals surface area contributed by atoms with Crippen LogP contribution in [0.5, 0.6) is 11.6 Å². The summed E-state index contributed by atoms with van der Waals surface area (Å²) in [5.41, 5.74) is 6.58. The molecule has 44 heavy (non-hydrogen) atoms. The average molecular weight is 615 g/mol. The van der Waals surface area contributed by atoms with Gasteiger partial charge in [0, 0.05) is 23.2 Å². The van der Waals surface area contributed by atoms with Crippen LogP contribution in [0.2, 0.25) is 0 Å². The molecule has 1 amide bonds. The lowest BCUT2D eigenvalue weighted by Crippen LogP contribution is -2.46. The molecule has 5 rings (SSSR count). The summed E-state index contributed by atoms with van der Waals surface area (Å²) < 4.78 is 42.2. The van der Waals surface area contributed by atoms with Gasteiger partial charge >= 0.3 is 0 Å². The third kappa shape index (κ3) is 6.49. The number of benzene rings is 1. The highest BCUT2D eigenvalue weighted by molar-refractivity contribution is 6.02. The number of amides is 1. The molecule has 1 aliphatic rings. The number of hydrogen-bond acceptors (Lipinski definition) is 8. The van der Waals surface area contributed by atoms with Gasteiger partial charge in [-0.15, -0.1) is 5.10 Å². The number of aliphatic hydroxyl groups excluding tert-OH is 1. The second-order valence-electron chi connectivity index (χ2n) is 12.8. The van der Waals surface area contributed by atoms with E-state index in [0.29, 0.717) is 35.9 Å². The molecule has 0 saturated heterocycles. The van der Waals surface area contributed by atoms with Crippen molar-refractivity contribution >= 4 is 22.3 Å². The Bertz CT molecular complexity index is 1660. The van der Waals surface area contributed by atoms with Crippen LogP contribution in [0.15, 0.2) is 36.4 Å². The number of primary amides is 1. The Labute approximate surface area is 253 Å². The summed E-state index contributed by atoms with van der Waals surface area (Å²) in [6, 6.07) is 10.1. The molecule has 3 aromatic heterocycles. The normalized spacial score (nSPS) is 20.8. The van der Waals surface area contributed by atoms with Crippen molar-refractivity contribution in [3.05, 3.63) is 53.3 Å². The standard InChI is InChI=1S/C31H40F2N6O5/c1-17(12-31(5)13-20(14-31)44-29-25(27(34)40)22-8-6-7-18(2)38(22)37-29)35-28(41)26-21-10-9-19(43-16-30(3,4)42)11-23(21)39(36-26)24(33)15-32/h6-11,17,20,24,28,35,41-42H,12-16H2,1-5H3,(H2,34,40)/t17-,20?,24?,28?,31?/m0/s1. The molecule has 2 unspecified atom stereocenters. The second-order valence-corrected chi connectivity index (χ2v) is 12.8. The summed E-state index contributed by atoms with van der Waals surface area (Å²) in [7, 11) is 0. The van der Waals surface area contributed by atoms with E-state index in [1.54, 1.807) is 36.6 Å². The molecule has 4 aromatic rings. The summed E-state index contributed by atoms with van der Waals surface area (Å²) in [4.78, 5) is 12.2. The van der Waals surface area contributed by atoms with E-state index in [1.807, 2.05) is 26.0 Å². The van der Waals surface area contributed by atoms with Crippen LogP contribution in [0.4, 0.5) is 8.78 Å². The third-order valence-corrected chi connectivity index (χ3v) is 7.97. The minimum atomic E-state index is -2.04. The Balaban J connectivity index is 1.24. The fourth-order valence-electron chi connectivity index (χ4n) is 6.06. The zero-order valence-electron chi connectivity index (χ0n) is 25.6. The van der Waals surface area contributed by atoms with E-state index in [2.05, 4.69) is 22.4 Å². The monoisotopic (exact) mass is 614 g/mol. The smallest absolute Gasteiger partial charge is 0.256 e. The number of rotatable bonds is 13. The number of pyridine rings is 1. The van der Waals surface area contributed by atoms with Crippen LogP contribution in [0.25, 0.3) is 16.4 Å². The summed E-state index contributed by atoms with van der Waals surface area (Å²) in [5, 5.41) is 33.3. The Morgan fingerprint density at radius 2 is 1.98 bits per heavy atom. The number of hydrogen-bond donors (Lipinski definition) is 4. The number of alkyl halides is 2. The van der Waals surface area contributed by atoms with Crippen LogP contribution >= 0.6 is 0 Å². The first-order chi connectivity index (χ1) is 20.7. The Hall–Kier alpha value is -3.81. The number of aryl methyl sites for hydroxylation is 1. The van der Waals surface area contributed by atoms with Crippen molar-refractivity contribution in [3.8, 4) is 11.6 Å². The van der Waals surface area contributed by atoms with Gasteiger partial charge in [-0.3, -0.25) is 10.1 Å². The van der Waals surface area contributed by atoms with Crippen LogP contribution < -0.4 is 20.5 Å². The third-order valence-electron chi connectivity index (χ3n) is 7.97. The molecule has 1 aromatic carbocycles. The SMILES string of the molecule is Cc1cccc2c(C(N)=O)c(OC3CC(C)(C[C@H](C)NC(O)c4nn(C(F)CF)c5cc(OCC(C)(C)O)ccc45)C3)nn12. The molecule has 1 aliphatic carbocycles. The van der Waals surface area contributed by atoms with Crippen molar-refractivity contribution in [1.29, 1.82) is 0 Å². The minimum absolute atomic E-state index is 0.00101. The molecular weight excluding hydrogens is 574 g/mol. The molecule has 0 radical (unpaired) electrons. The predicted octanol–water partition coefficient (Wildman–Crippen LogP) is 4.29. The van der Waals surface area contributed by atoms with Gasteiger partial charge in [0.25, 0.3) is 5.91 Å². The van der Waals surface area contributed by atoms with Crippen molar-refractivity contribution in [3.63, 3.8) is 0 Å². The molecule has 11 nitrogen and oxygen atoms in total. The molecule has 3 heterocycles. The first-order valence-corrected chi connectivity index (χ1v) is 14.6. The van der Waals surface area contributed by atoms with Gasteiger partial charge in [-0.05, 0) is 76.6 Å². The highest BCUT2D eigenvalue weighted by atomic mass is 19.2. The lowest BCUT2D eigenvalue weighted by Gasteiger charge is -2.46. The highest BCUT2D eigenvalue weighted by Crippen LogP contribution is 2.46. The number of halogens is 2. The maximum Gasteiger partial charge on any atom is 0.256 e. The molecule has 0 aliphatic heterocycles. The molecule has 13 heteroatoms. The molecule has 238 valence electrons.